The Bertz CT molecular complexity index is 1440. The molecule has 0 radical (unpaired) electrons. The molecule has 5 nitrogen and oxygen atoms in total. The highest BCUT2D eigenvalue weighted by atomic mass is 35.5. The van der Waals surface area contributed by atoms with Gasteiger partial charge in [0.1, 0.15) is 5.25 Å². The molecule has 9 heteroatoms. The molecule has 1 unspecified atom stereocenters. The molecule has 1 aromatic heterocycles. The third kappa shape index (κ3) is 7.22. The number of benzene rings is 3. The highest BCUT2D eigenvalue weighted by molar-refractivity contribution is 8.00. The Kier molecular flexibility index (Phi) is 9.24. The van der Waals surface area contributed by atoms with Crippen molar-refractivity contribution in [2.24, 2.45) is 5.92 Å². The van der Waals surface area contributed by atoms with Crippen LogP contribution in [0.1, 0.15) is 42.9 Å². The van der Waals surface area contributed by atoms with Crippen molar-refractivity contribution in [3.8, 4) is 11.3 Å². The largest absolute Gasteiger partial charge is 0.326 e. The average Bonchev–Trinajstić information content (AvgIpc) is 3.43. The number of amides is 2. The maximum absolute atomic E-state index is 13.5. The Labute approximate surface area is 246 Å². The maximum Gasteiger partial charge on any atom is 0.244 e. The van der Waals surface area contributed by atoms with E-state index in [0.29, 0.717) is 20.9 Å². The first-order valence-corrected chi connectivity index (χ1v) is 15.3. The number of thioether (sulfide) groups is 1. The first-order valence-electron chi connectivity index (χ1n) is 12.8. The summed E-state index contributed by atoms with van der Waals surface area (Å²) in [4.78, 5) is 31.6. The van der Waals surface area contributed by atoms with Crippen molar-refractivity contribution in [3.63, 3.8) is 0 Å². The summed E-state index contributed by atoms with van der Waals surface area (Å²) in [6.45, 7) is 0. The molecule has 2 N–H and O–H groups in total. The van der Waals surface area contributed by atoms with Crippen molar-refractivity contribution in [1.82, 2.24) is 4.98 Å². The summed E-state index contributed by atoms with van der Waals surface area (Å²) in [7, 11) is 0. The van der Waals surface area contributed by atoms with Crippen LogP contribution in [0.2, 0.25) is 10.0 Å². The molecule has 1 aliphatic carbocycles. The van der Waals surface area contributed by atoms with Gasteiger partial charge in [-0.15, -0.1) is 23.1 Å². The molecular formula is C30H27Cl2N3O2S2. The molecule has 1 saturated carbocycles. The minimum Gasteiger partial charge on any atom is -0.326 e. The lowest BCUT2D eigenvalue weighted by atomic mass is 9.88. The smallest absolute Gasteiger partial charge is 0.244 e. The summed E-state index contributed by atoms with van der Waals surface area (Å²) in [5, 5.41) is 8.85. The zero-order chi connectivity index (χ0) is 27.2. The average molecular weight is 597 g/mol. The van der Waals surface area contributed by atoms with E-state index in [1.54, 1.807) is 12.1 Å². The Balaban J connectivity index is 1.28. The Morgan fingerprint density at radius 3 is 2.36 bits per heavy atom. The van der Waals surface area contributed by atoms with Gasteiger partial charge in [0, 0.05) is 27.4 Å². The number of rotatable bonds is 8. The van der Waals surface area contributed by atoms with Gasteiger partial charge in [-0.2, -0.15) is 0 Å². The van der Waals surface area contributed by atoms with Crippen LogP contribution in [-0.4, -0.2) is 16.8 Å². The van der Waals surface area contributed by atoms with Crippen molar-refractivity contribution in [1.29, 1.82) is 0 Å². The van der Waals surface area contributed by atoms with E-state index in [-0.39, 0.29) is 17.7 Å². The monoisotopic (exact) mass is 595 g/mol. The molecule has 1 fully saturated rings. The van der Waals surface area contributed by atoms with Gasteiger partial charge in [0.05, 0.1) is 15.7 Å². The number of halogens is 2. The Morgan fingerprint density at radius 2 is 1.64 bits per heavy atom. The lowest BCUT2D eigenvalue weighted by molar-refractivity contribution is -0.120. The van der Waals surface area contributed by atoms with Crippen LogP contribution in [0.25, 0.3) is 11.3 Å². The van der Waals surface area contributed by atoms with Gasteiger partial charge in [-0.05, 0) is 54.8 Å². The second-order valence-corrected chi connectivity index (χ2v) is 12.3. The standard InChI is InChI=1S/C30H27Cl2N3O2S2/c31-24-16-11-21(17-25(24)32)26-18-38-30(34-26)35-29(37)27(19-7-3-1-4-8-19)39-23-14-12-22(13-15-23)33-28(36)20-9-5-2-6-10-20/h1,3-4,7-8,11-18,20,27H,2,5-6,9-10H2,(H,33,36)(H,34,35,37). The topological polar surface area (TPSA) is 71.1 Å². The molecule has 2 amide bonds. The molecule has 0 spiro atoms. The van der Waals surface area contributed by atoms with Crippen LogP contribution in [0.5, 0.6) is 0 Å². The van der Waals surface area contributed by atoms with Gasteiger partial charge >= 0.3 is 0 Å². The molecule has 5 rings (SSSR count). The molecule has 0 bridgehead atoms. The van der Waals surface area contributed by atoms with Crippen molar-refractivity contribution >= 4 is 68.9 Å². The van der Waals surface area contributed by atoms with Crippen LogP contribution >= 0.6 is 46.3 Å². The molecule has 39 heavy (non-hydrogen) atoms. The van der Waals surface area contributed by atoms with E-state index in [1.807, 2.05) is 66.0 Å². The number of thiazole rings is 1. The zero-order valence-corrected chi connectivity index (χ0v) is 24.2. The molecule has 4 aromatic rings. The predicted molar refractivity (Wildman–Crippen MR) is 163 cm³/mol. The van der Waals surface area contributed by atoms with Crippen LogP contribution < -0.4 is 10.6 Å². The van der Waals surface area contributed by atoms with Crippen LogP contribution in [0.3, 0.4) is 0 Å². The second-order valence-electron chi connectivity index (χ2n) is 9.41. The summed E-state index contributed by atoms with van der Waals surface area (Å²) in [5.41, 5.74) is 3.19. The molecule has 200 valence electrons. The van der Waals surface area contributed by atoms with Crippen molar-refractivity contribution in [3.05, 3.63) is 93.8 Å². The molecule has 0 aliphatic heterocycles. The van der Waals surface area contributed by atoms with E-state index in [4.69, 9.17) is 23.2 Å². The highest BCUT2D eigenvalue weighted by Gasteiger charge is 2.24. The van der Waals surface area contributed by atoms with Crippen molar-refractivity contribution in [2.75, 3.05) is 10.6 Å². The molecular weight excluding hydrogens is 569 g/mol. The number of carbonyl (C=O) groups is 2. The lowest BCUT2D eigenvalue weighted by Gasteiger charge is -2.21. The Hall–Kier alpha value is -2.84. The van der Waals surface area contributed by atoms with Gasteiger partial charge in [-0.25, -0.2) is 4.98 Å². The summed E-state index contributed by atoms with van der Waals surface area (Å²) >= 11 is 15.0. The summed E-state index contributed by atoms with van der Waals surface area (Å²) in [6, 6.07) is 22.7. The fraction of sp³-hybridized carbons (Fsp3) is 0.233. The molecule has 3 aromatic carbocycles. The summed E-state index contributed by atoms with van der Waals surface area (Å²) in [6.07, 6.45) is 5.37. The van der Waals surface area contributed by atoms with Crippen molar-refractivity contribution < 1.29 is 9.59 Å². The minimum absolute atomic E-state index is 0.0975. The van der Waals surface area contributed by atoms with Crippen LogP contribution in [0, 0.1) is 5.92 Å². The number of hydrogen-bond acceptors (Lipinski definition) is 5. The van der Waals surface area contributed by atoms with Gasteiger partial charge in [0.25, 0.3) is 0 Å². The first-order chi connectivity index (χ1) is 19.0. The third-order valence-electron chi connectivity index (χ3n) is 6.64. The summed E-state index contributed by atoms with van der Waals surface area (Å²) in [5.74, 6) is 0.0262. The number of carbonyl (C=O) groups excluding carboxylic acids is 2. The van der Waals surface area contributed by atoms with Crippen LogP contribution in [0.4, 0.5) is 10.8 Å². The predicted octanol–water partition coefficient (Wildman–Crippen LogP) is 9.11. The van der Waals surface area contributed by atoms with E-state index < -0.39 is 5.25 Å². The van der Waals surface area contributed by atoms with E-state index in [9.17, 15) is 9.59 Å². The Morgan fingerprint density at radius 1 is 0.897 bits per heavy atom. The number of aromatic nitrogens is 1. The number of hydrogen-bond donors (Lipinski definition) is 2. The first kappa shape index (κ1) is 27.7. The zero-order valence-electron chi connectivity index (χ0n) is 21.0. The van der Waals surface area contributed by atoms with Gasteiger partial charge < -0.3 is 10.6 Å². The maximum atomic E-state index is 13.5. The quantitative estimate of drug-likeness (QED) is 0.199. The fourth-order valence-electron chi connectivity index (χ4n) is 4.55. The van der Waals surface area contributed by atoms with Gasteiger partial charge in [0.15, 0.2) is 5.13 Å². The molecule has 1 atom stereocenters. The van der Waals surface area contributed by atoms with Crippen LogP contribution in [0.15, 0.2) is 83.1 Å². The molecule has 0 saturated heterocycles. The number of nitrogens with one attached hydrogen (secondary N) is 2. The molecule has 1 heterocycles. The third-order valence-corrected chi connectivity index (χ3v) is 9.40. The fourth-order valence-corrected chi connectivity index (χ4v) is 6.60. The molecule has 1 aliphatic rings. The summed E-state index contributed by atoms with van der Waals surface area (Å²) < 4.78 is 0. The van der Waals surface area contributed by atoms with E-state index in [0.717, 1.165) is 47.4 Å². The SMILES string of the molecule is O=C(Nc1ccc(SC(C(=O)Nc2nc(-c3ccc(Cl)c(Cl)c3)cs2)c2ccccc2)cc1)C1CCCCC1. The minimum atomic E-state index is -0.494. The number of anilines is 2. The van der Waals surface area contributed by atoms with Gasteiger partial charge in [-0.1, -0.05) is 78.9 Å². The second kappa shape index (κ2) is 13.0. The van der Waals surface area contributed by atoms with Crippen molar-refractivity contribution in [2.45, 2.75) is 42.2 Å². The lowest BCUT2D eigenvalue weighted by Crippen LogP contribution is -2.24. The van der Waals surface area contributed by atoms with E-state index in [1.165, 1.54) is 29.5 Å². The normalized spacial score (nSPS) is 14.5. The van der Waals surface area contributed by atoms with Gasteiger partial charge in [-0.3, -0.25) is 9.59 Å². The van der Waals surface area contributed by atoms with E-state index >= 15 is 0 Å². The van der Waals surface area contributed by atoms with E-state index in [2.05, 4.69) is 15.6 Å². The highest BCUT2D eigenvalue weighted by Crippen LogP contribution is 2.38. The number of nitrogens with zero attached hydrogens (tertiary/aromatic N) is 1. The van der Waals surface area contributed by atoms with Gasteiger partial charge in [0.2, 0.25) is 11.8 Å². The van der Waals surface area contributed by atoms with Crippen LogP contribution in [-0.2, 0) is 9.59 Å².